The smallest absolute Gasteiger partial charge is 0.326 e. The largest absolute Gasteiger partial charge is 0.459 e. The molecule has 0 spiro atoms. The number of rotatable bonds is 6. The molecule has 1 heterocycles. The van der Waals surface area contributed by atoms with Gasteiger partial charge in [0.25, 0.3) is 11.8 Å². The average Bonchev–Trinajstić information content (AvgIpc) is 3.08. The lowest BCUT2D eigenvalue weighted by molar-refractivity contribution is -0.152. The van der Waals surface area contributed by atoms with Crippen LogP contribution in [-0.4, -0.2) is 30.4 Å². The minimum Gasteiger partial charge on any atom is -0.459 e. The number of carbonyl (C=O) groups excluding carboxylic acids is 3. The van der Waals surface area contributed by atoms with E-state index in [1.54, 1.807) is 30.3 Å². The zero-order valence-corrected chi connectivity index (χ0v) is 12.4. The highest BCUT2D eigenvalue weighted by Gasteiger charge is 2.18. The lowest BCUT2D eigenvalue weighted by atomic mass is 10.3. The molecule has 2 aromatic rings. The molecule has 2 rings (SSSR count). The number of hydrogen-bond donors (Lipinski definition) is 2. The predicted octanol–water partition coefficient (Wildman–Crippen LogP) is 1.58. The number of anilines is 1. The minimum atomic E-state index is -0.983. The van der Waals surface area contributed by atoms with Gasteiger partial charge in [-0.15, -0.1) is 0 Å². The fraction of sp³-hybridized carbons (Fsp3) is 0.188. The van der Waals surface area contributed by atoms with Crippen LogP contribution in [0.4, 0.5) is 5.69 Å². The van der Waals surface area contributed by atoms with Crippen molar-refractivity contribution < 1.29 is 23.5 Å². The van der Waals surface area contributed by atoms with Gasteiger partial charge in [0.05, 0.1) is 6.26 Å². The minimum absolute atomic E-state index is 0.0904. The van der Waals surface area contributed by atoms with Crippen molar-refractivity contribution in [1.29, 1.82) is 0 Å². The molecule has 2 N–H and O–H groups in total. The van der Waals surface area contributed by atoms with Gasteiger partial charge in [0.2, 0.25) is 0 Å². The van der Waals surface area contributed by atoms with E-state index in [0.29, 0.717) is 5.69 Å². The standard InChI is InChI=1S/C16H16N2O5/c1-11(15(20)18-12-6-3-2-4-7-12)23-14(19)10-17-16(21)13-8-5-9-22-13/h2-9,11H,10H2,1H3,(H,17,21)(H,18,20)/t11-/m1/s1. The molecule has 0 unspecified atom stereocenters. The van der Waals surface area contributed by atoms with Gasteiger partial charge in [-0.05, 0) is 31.2 Å². The van der Waals surface area contributed by atoms with Crippen molar-refractivity contribution in [2.75, 3.05) is 11.9 Å². The fourth-order valence-corrected chi connectivity index (χ4v) is 1.71. The second kappa shape index (κ2) is 7.79. The second-order valence-electron chi connectivity index (χ2n) is 4.65. The van der Waals surface area contributed by atoms with E-state index in [0.717, 1.165) is 0 Å². The van der Waals surface area contributed by atoms with Crippen molar-refractivity contribution in [2.45, 2.75) is 13.0 Å². The number of hydrogen-bond acceptors (Lipinski definition) is 5. The van der Waals surface area contributed by atoms with E-state index in [4.69, 9.17) is 9.15 Å². The van der Waals surface area contributed by atoms with E-state index in [1.807, 2.05) is 6.07 Å². The molecular formula is C16H16N2O5. The van der Waals surface area contributed by atoms with Crippen LogP contribution in [0.25, 0.3) is 0 Å². The Kier molecular flexibility index (Phi) is 5.51. The molecule has 0 saturated heterocycles. The summed E-state index contributed by atoms with van der Waals surface area (Å²) in [4.78, 5) is 35.1. The maximum absolute atomic E-state index is 11.9. The van der Waals surface area contributed by atoms with Crippen molar-refractivity contribution >= 4 is 23.5 Å². The summed E-state index contributed by atoms with van der Waals surface area (Å²) < 4.78 is 9.84. The first-order chi connectivity index (χ1) is 11.1. The highest BCUT2D eigenvalue weighted by molar-refractivity contribution is 5.96. The van der Waals surface area contributed by atoms with Crippen LogP contribution in [0.15, 0.2) is 53.1 Å². The maximum atomic E-state index is 11.9. The Bertz CT molecular complexity index is 667. The summed E-state index contributed by atoms with van der Waals surface area (Å²) in [6.45, 7) is 1.09. The first kappa shape index (κ1) is 16.3. The predicted molar refractivity (Wildman–Crippen MR) is 81.7 cm³/mol. The molecule has 1 aromatic heterocycles. The summed E-state index contributed by atoms with van der Waals surface area (Å²) in [5.74, 6) is -1.62. The van der Waals surface area contributed by atoms with Crippen LogP contribution < -0.4 is 10.6 Å². The molecule has 0 aliphatic heterocycles. The molecule has 0 aliphatic carbocycles. The lowest BCUT2D eigenvalue weighted by Gasteiger charge is -2.13. The Balaban J connectivity index is 1.75. The summed E-state index contributed by atoms with van der Waals surface area (Å²) in [6.07, 6.45) is 0.367. The molecule has 0 aliphatic rings. The van der Waals surface area contributed by atoms with E-state index < -0.39 is 23.9 Å². The van der Waals surface area contributed by atoms with Crippen molar-refractivity contribution in [1.82, 2.24) is 5.32 Å². The Morgan fingerprint density at radius 1 is 1.13 bits per heavy atom. The van der Waals surface area contributed by atoms with Crippen molar-refractivity contribution in [3.8, 4) is 0 Å². The van der Waals surface area contributed by atoms with Crippen LogP contribution in [0.2, 0.25) is 0 Å². The van der Waals surface area contributed by atoms with E-state index >= 15 is 0 Å². The number of ether oxygens (including phenoxy) is 1. The molecule has 120 valence electrons. The summed E-state index contributed by atoms with van der Waals surface area (Å²) in [7, 11) is 0. The third kappa shape index (κ3) is 4.99. The van der Waals surface area contributed by atoms with Gasteiger partial charge < -0.3 is 19.8 Å². The van der Waals surface area contributed by atoms with Gasteiger partial charge in [-0.3, -0.25) is 14.4 Å². The van der Waals surface area contributed by atoms with Crippen LogP contribution in [0.1, 0.15) is 17.5 Å². The molecule has 1 atom stereocenters. The molecule has 1 aromatic carbocycles. The van der Waals surface area contributed by atoms with Crippen LogP contribution in [-0.2, 0) is 14.3 Å². The lowest BCUT2D eigenvalue weighted by Crippen LogP contribution is -2.35. The summed E-state index contributed by atoms with van der Waals surface area (Å²) in [5.41, 5.74) is 0.603. The van der Waals surface area contributed by atoms with Gasteiger partial charge in [-0.2, -0.15) is 0 Å². The van der Waals surface area contributed by atoms with Gasteiger partial charge in [0.15, 0.2) is 11.9 Å². The molecule has 7 heteroatoms. The third-order valence-corrected chi connectivity index (χ3v) is 2.86. The topological polar surface area (TPSA) is 97.6 Å². The highest BCUT2D eigenvalue weighted by Crippen LogP contribution is 2.06. The van der Waals surface area contributed by atoms with Crippen LogP contribution in [0.5, 0.6) is 0 Å². The van der Waals surface area contributed by atoms with Crippen LogP contribution in [0.3, 0.4) is 0 Å². The fourth-order valence-electron chi connectivity index (χ4n) is 1.71. The quantitative estimate of drug-likeness (QED) is 0.789. The number of benzene rings is 1. The third-order valence-electron chi connectivity index (χ3n) is 2.86. The van der Waals surface area contributed by atoms with Gasteiger partial charge in [-0.25, -0.2) is 0 Å². The van der Waals surface area contributed by atoms with Crippen molar-refractivity contribution in [3.63, 3.8) is 0 Å². The number of nitrogens with one attached hydrogen (secondary N) is 2. The molecule has 23 heavy (non-hydrogen) atoms. The summed E-state index contributed by atoms with van der Waals surface area (Å²) >= 11 is 0. The van der Waals surface area contributed by atoms with Crippen LogP contribution >= 0.6 is 0 Å². The first-order valence-electron chi connectivity index (χ1n) is 6.93. The van der Waals surface area contributed by atoms with Gasteiger partial charge >= 0.3 is 5.97 Å². The van der Waals surface area contributed by atoms with Gasteiger partial charge in [-0.1, -0.05) is 18.2 Å². The van der Waals surface area contributed by atoms with E-state index in [9.17, 15) is 14.4 Å². The van der Waals surface area contributed by atoms with Crippen LogP contribution in [0, 0.1) is 0 Å². The van der Waals surface area contributed by atoms with E-state index in [1.165, 1.54) is 19.3 Å². The number of amides is 2. The number of para-hydroxylation sites is 1. The van der Waals surface area contributed by atoms with Gasteiger partial charge in [0, 0.05) is 5.69 Å². The zero-order chi connectivity index (χ0) is 16.7. The molecule has 0 radical (unpaired) electrons. The average molecular weight is 316 g/mol. The van der Waals surface area contributed by atoms with Crippen molar-refractivity contribution in [3.05, 3.63) is 54.5 Å². The molecule has 7 nitrogen and oxygen atoms in total. The summed E-state index contributed by atoms with van der Waals surface area (Å²) in [5, 5.41) is 4.96. The first-order valence-corrected chi connectivity index (χ1v) is 6.93. The molecule has 0 saturated carbocycles. The number of esters is 1. The van der Waals surface area contributed by atoms with E-state index in [2.05, 4.69) is 10.6 Å². The number of carbonyl (C=O) groups is 3. The maximum Gasteiger partial charge on any atom is 0.326 e. The monoisotopic (exact) mass is 316 g/mol. The Labute approximate surface area is 132 Å². The Morgan fingerprint density at radius 3 is 2.52 bits per heavy atom. The molecule has 0 bridgehead atoms. The van der Waals surface area contributed by atoms with Gasteiger partial charge in [0.1, 0.15) is 6.54 Å². The number of furan rings is 1. The normalized spacial score (nSPS) is 11.3. The van der Waals surface area contributed by atoms with E-state index in [-0.39, 0.29) is 12.3 Å². The Hall–Kier alpha value is -3.09. The molecular weight excluding hydrogens is 300 g/mol. The highest BCUT2D eigenvalue weighted by atomic mass is 16.5. The molecule has 0 fully saturated rings. The molecule has 2 amide bonds. The SMILES string of the molecule is C[C@@H](OC(=O)CNC(=O)c1ccco1)C(=O)Nc1ccccc1. The second-order valence-corrected chi connectivity index (χ2v) is 4.65. The van der Waals surface area contributed by atoms with Crippen molar-refractivity contribution in [2.24, 2.45) is 0 Å². The summed E-state index contributed by atoms with van der Waals surface area (Å²) in [6, 6.07) is 11.8. The Morgan fingerprint density at radius 2 is 1.87 bits per heavy atom. The zero-order valence-electron chi connectivity index (χ0n) is 12.4.